The molecule has 2 atom stereocenters. The number of hydrogen-bond donors (Lipinski definition) is 0. The summed E-state index contributed by atoms with van der Waals surface area (Å²) in [5.41, 5.74) is 0.944. The summed E-state index contributed by atoms with van der Waals surface area (Å²) in [5.74, 6) is 0.419. The van der Waals surface area contributed by atoms with E-state index in [0.29, 0.717) is 19.4 Å². The molecule has 0 unspecified atom stereocenters. The predicted molar refractivity (Wildman–Crippen MR) is 73.9 cm³/mol. The van der Waals surface area contributed by atoms with Gasteiger partial charge in [-0.25, -0.2) is 0 Å². The molecule has 3 rings (SSSR count). The molecule has 1 heterocycles. The first-order valence-electron chi connectivity index (χ1n) is 6.84. The second kappa shape index (κ2) is 5.12. The number of likely N-dealkylation sites (tertiary alicyclic amines) is 1. The zero-order valence-electron chi connectivity index (χ0n) is 11.4. The second-order valence-electron chi connectivity index (χ2n) is 5.27. The second-order valence-corrected chi connectivity index (χ2v) is 5.27. The number of nitrogens with zero attached hydrogens (tertiary/aromatic N) is 1. The van der Waals surface area contributed by atoms with Gasteiger partial charge in [0.1, 0.15) is 5.75 Å². The fourth-order valence-corrected chi connectivity index (χ4v) is 2.94. The average Bonchev–Trinajstić information content (AvgIpc) is 2.74. The lowest BCUT2D eigenvalue weighted by Crippen LogP contribution is -2.30. The van der Waals surface area contributed by atoms with Crippen LogP contribution in [0.2, 0.25) is 0 Å². The highest BCUT2D eigenvalue weighted by atomic mass is 16.5. The van der Waals surface area contributed by atoms with Gasteiger partial charge in [-0.15, -0.1) is 0 Å². The number of carbonyl (C=O) groups is 2. The van der Waals surface area contributed by atoms with Crippen molar-refractivity contribution >= 4 is 11.8 Å². The van der Waals surface area contributed by atoms with Crippen molar-refractivity contribution in [1.29, 1.82) is 0 Å². The molecule has 0 bridgehead atoms. The van der Waals surface area contributed by atoms with E-state index in [1.54, 1.807) is 7.11 Å². The Balaban J connectivity index is 1.77. The molecule has 1 aromatic rings. The van der Waals surface area contributed by atoms with E-state index >= 15 is 0 Å². The van der Waals surface area contributed by atoms with Gasteiger partial charge in [0.05, 0.1) is 25.5 Å². The Kier molecular flexibility index (Phi) is 3.30. The maximum atomic E-state index is 12.3. The minimum absolute atomic E-state index is 0.0276. The van der Waals surface area contributed by atoms with E-state index in [9.17, 15) is 9.59 Å². The van der Waals surface area contributed by atoms with E-state index in [0.717, 1.165) is 11.3 Å². The molecule has 2 amide bonds. The molecule has 1 aliphatic carbocycles. The number of methoxy groups -OCH3 is 1. The summed E-state index contributed by atoms with van der Waals surface area (Å²) >= 11 is 0. The zero-order valence-corrected chi connectivity index (χ0v) is 11.4. The highest BCUT2D eigenvalue weighted by Crippen LogP contribution is 2.35. The number of fused-ring (bicyclic) bond motifs is 1. The number of benzene rings is 1. The first kappa shape index (κ1) is 12.9. The Bertz CT molecular complexity index is 536. The fourth-order valence-electron chi connectivity index (χ4n) is 2.94. The normalized spacial score (nSPS) is 24.9. The van der Waals surface area contributed by atoms with Gasteiger partial charge in [0.25, 0.3) is 0 Å². The van der Waals surface area contributed by atoms with Crippen LogP contribution in [0.15, 0.2) is 36.4 Å². The maximum absolute atomic E-state index is 12.3. The largest absolute Gasteiger partial charge is 0.497 e. The average molecular weight is 271 g/mol. The summed E-state index contributed by atoms with van der Waals surface area (Å²) in [5, 5.41) is 0. The third-order valence-corrected chi connectivity index (χ3v) is 4.10. The highest BCUT2D eigenvalue weighted by Gasteiger charge is 2.46. The molecular formula is C16H17NO3. The predicted octanol–water partition coefficient (Wildman–Crippen LogP) is 2.15. The van der Waals surface area contributed by atoms with E-state index in [1.807, 2.05) is 36.4 Å². The van der Waals surface area contributed by atoms with Gasteiger partial charge >= 0.3 is 0 Å². The van der Waals surface area contributed by atoms with Crippen LogP contribution in [-0.4, -0.2) is 23.8 Å². The van der Waals surface area contributed by atoms with Crippen LogP contribution in [0, 0.1) is 11.8 Å². The topological polar surface area (TPSA) is 46.6 Å². The Morgan fingerprint density at radius 2 is 1.60 bits per heavy atom. The van der Waals surface area contributed by atoms with Crippen molar-refractivity contribution < 1.29 is 14.3 Å². The quantitative estimate of drug-likeness (QED) is 0.625. The molecular weight excluding hydrogens is 254 g/mol. The number of allylic oxidation sites excluding steroid dienone is 2. The highest BCUT2D eigenvalue weighted by molar-refractivity contribution is 6.05. The molecule has 20 heavy (non-hydrogen) atoms. The first-order chi connectivity index (χ1) is 9.70. The van der Waals surface area contributed by atoms with Crippen molar-refractivity contribution in [3.63, 3.8) is 0 Å². The third-order valence-electron chi connectivity index (χ3n) is 4.10. The van der Waals surface area contributed by atoms with Crippen molar-refractivity contribution in [3.05, 3.63) is 42.0 Å². The molecule has 0 N–H and O–H groups in total. The molecule has 4 nitrogen and oxygen atoms in total. The van der Waals surface area contributed by atoms with Crippen molar-refractivity contribution in [2.75, 3.05) is 7.11 Å². The molecule has 4 heteroatoms. The standard InChI is InChI=1S/C16H17NO3/c1-20-12-8-6-11(7-9-12)10-17-15(18)13-4-2-3-5-14(13)16(17)19/h2-3,6-9,13-14H,4-5,10H2,1H3/t13-,14+. The molecule has 1 fully saturated rings. The van der Waals surface area contributed by atoms with Crippen LogP contribution in [0.25, 0.3) is 0 Å². The molecule has 0 radical (unpaired) electrons. The van der Waals surface area contributed by atoms with Gasteiger partial charge in [-0.1, -0.05) is 24.3 Å². The minimum atomic E-state index is -0.147. The summed E-state index contributed by atoms with van der Waals surface area (Å²) in [6.45, 7) is 0.356. The van der Waals surface area contributed by atoms with Gasteiger partial charge in [-0.3, -0.25) is 14.5 Å². The van der Waals surface area contributed by atoms with Gasteiger partial charge in [0, 0.05) is 0 Å². The van der Waals surface area contributed by atoms with Crippen LogP contribution in [0.4, 0.5) is 0 Å². The van der Waals surface area contributed by atoms with Crippen LogP contribution in [0.5, 0.6) is 5.75 Å². The monoisotopic (exact) mass is 271 g/mol. The van der Waals surface area contributed by atoms with E-state index in [1.165, 1.54) is 4.90 Å². The molecule has 2 aliphatic rings. The number of ether oxygens (including phenoxy) is 1. The Labute approximate surface area is 118 Å². The van der Waals surface area contributed by atoms with Gasteiger partial charge < -0.3 is 4.74 Å². The Hall–Kier alpha value is -2.10. The zero-order chi connectivity index (χ0) is 14.1. The van der Waals surface area contributed by atoms with Crippen molar-refractivity contribution in [3.8, 4) is 5.75 Å². The molecule has 0 aromatic heterocycles. The number of amides is 2. The van der Waals surface area contributed by atoms with Crippen molar-refractivity contribution in [1.82, 2.24) is 4.90 Å². The first-order valence-corrected chi connectivity index (χ1v) is 6.84. The summed E-state index contributed by atoms with van der Waals surface area (Å²) in [6.07, 6.45) is 5.38. The van der Waals surface area contributed by atoms with E-state index in [4.69, 9.17) is 4.74 Å². The number of rotatable bonds is 3. The lowest BCUT2D eigenvalue weighted by Gasteiger charge is -2.15. The van der Waals surface area contributed by atoms with Gasteiger partial charge in [-0.2, -0.15) is 0 Å². The van der Waals surface area contributed by atoms with Crippen LogP contribution in [-0.2, 0) is 16.1 Å². The number of hydrogen-bond acceptors (Lipinski definition) is 3. The van der Waals surface area contributed by atoms with Crippen molar-refractivity contribution in [2.24, 2.45) is 11.8 Å². The van der Waals surface area contributed by atoms with Gasteiger partial charge in [0.2, 0.25) is 11.8 Å². The summed E-state index contributed by atoms with van der Waals surface area (Å²) < 4.78 is 5.10. The van der Waals surface area contributed by atoms with Crippen LogP contribution in [0.1, 0.15) is 18.4 Å². The van der Waals surface area contributed by atoms with Gasteiger partial charge in [0.15, 0.2) is 0 Å². The molecule has 1 saturated heterocycles. The summed E-state index contributed by atoms with van der Waals surface area (Å²) in [4.78, 5) is 26.1. The summed E-state index contributed by atoms with van der Waals surface area (Å²) in [6, 6.07) is 7.46. The van der Waals surface area contributed by atoms with Gasteiger partial charge in [-0.05, 0) is 30.5 Å². The summed E-state index contributed by atoms with van der Waals surface area (Å²) in [7, 11) is 1.61. The lowest BCUT2D eigenvalue weighted by atomic mass is 9.85. The third kappa shape index (κ3) is 2.11. The van der Waals surface area contributed by atoms with Crippen molar-refractivity contribution in [2.45, 2.75) is 19.4 Å². The smallest absolute Gasteiger partial charge is 0.233 e. The number of carbonyl (C=O) groups excluding carboxylic acids is 2. The molecule has 1 aliphatic heterocycles. The number of imide groups is 1. The Morgan fingerprint density at radius 3 is 2.10 bits per heavy atom. The van der Waals surface area contributed by atoms with E-state index < -0.39 is 0 Å². The molecule has 0 saturated carbocycles. The van der Waals surface area contributed by atoms with E-state index in [-0.39, 0.29) is 23.7 Å². The molecule has 1 aromatic carbocycles. The minimum Gasteiger partial charge on any atom is -0.497 e. The van der Waals surface area contributed by atoms with Crippen LogP contribution < -0.4 is 4.74 Å². The molecule has 0 spiro atoms. The van der Waals surface area contributed by atoms with Crippen LogP contribution >= 0.6 is 0 Å². The Morgan fingerprint density at radius 1 is 1.05 bits per heavy atom. The molecule has 104 valence electrons. The lowest BCUT2D eigenvalue weighted by molar-refractivity contribution is -0.140. The van der Waals surface area contributed by atoms with E-state index in [2.05, 4.69) is 0 Å². The maximum Gasteiger partial charge on any atom is 0.233 e. The fraction of sp³-hybridized carbons (Fsp3) is 0.375. The van der Waals surface area contributed by atoms with Crippen LogP contribution in [0.3, 0.4) is 0 Å². The SMILES string of the molecule is COc1ccc(CN2C(=O)[C@H]3CC=CC[C@H]3C2=O)cc1.